The van der Waals surface area contributed by atoms with E-state index in [1.807, 2.05) is 37.5 Å². The number of aryl methyl sites for hydroxylation is 1. The second kappa shape index (κ2) is 6.33. The Morgan fingerprint density at radius 1 is 1.35 bits per heavy atom. The van der Waals surface area contributed by atoms with E-state index in [0.29, 0.717) is 6.54 Å². The third-order valence-corrected chi connectivity index (χ3v) is 4.79. The quantitative estimate of drug-likeness (QED) is 0.915. The summed E-state index contributed by atoms with van der Waals surface area (Å²) in [6.07, 6.45) is 3.63. The number of anilines is 1. The summed E-state index contributed by atoms with van der Waals surface area (Å²) in [7, 11) is 0. The average Bonchev–Trinajstić information content (AvgIpc) is 3.30. The minimum absolute atomic E-state index is 0.124. The molecular weight excluding hydrogens is 332 g/mol. The third-order valence-electron chi connectivity index (χ3n) is 4.79. The first-order valence-electron chi connectivity index (χ1n) is 8.56. The molecule has 3 heterocycles. The van der Waals surface area contributed by atoms with Crippen LogP contribution in [0.25, 0.3) is 11.6 Å². The van der Waals surface area contributed by atoms with Crippen LogP contribution in [0.5, 0.6) is 0 Å². The van der Waals surface area contributed by atoms with Crippen LogP contribution in [0.4, 0.5) is 10.5 Å². The number of rotatable bonds is 4. The normalized spacial score (nSPS) is 18.5. The Hall–Kier alpha value is -3.09. The van der Waals surface area contributed by atoms with Crippen LogP contribution in [0.3, 0.4) is 0 Å². The molecule has 1 N–H and O–H groups in total. The van der Waals surface area contributed by atoms with Gasteiger partial charge in [-0.3, -0.25) is 9.69 Å². The highest BCUT2D eigenvalue weighted by Crippen LogP contribution is 2.30. The van der Waals surface area contributed by atoms with Gasteiger partial charge in [-0.1, -0.05) is 12.1 Å². The van der Waals surface area contributed by atoms with Gasteiger partial charge in [0.2, 0.25) is 5.91 Å². The summed E-state index contributed by atoms with van der Waals surface area (Å²) in [6, 6.07) is 7.66. The van der Waals surface area contributed by atoms with Crippen LogP contribution in [0, 0.1) is 6.92 Å². The van der Waals surface area contributed by atoms with E-state index in [4.69, 9.17) is 4.74 Å². The Balaban J connectivity index is 1.53. The summed E-state index contributed by atoms with van der Waals surface area (Å²) in [5.74, 6) is -0.124. The van der Waals surface area contributed by atoms with Crippen molar-refractivity contribution in [1.82, 2.24) is 14.9 Å². The number of hydrogen-bond acceptors (Lipinski definition) is 4. The second-order valence-electron chi connectivity index (χ2n) is 6.60. The highest BCUT2D eigenvalue weighted by atomic mass is 16.6. The Kier molecular flexibility index (Phi) is 3.99. The summed E-state index contributed by atoms with van der Waals surface area (Å²) in [5.41, 5.74) is 5.26. The van der Waals surface area contributed by atoms with Crippen molar-refractivity contribution in [2.24, 2.45) is 0 Å². The minimum Gasteiger partial charge on any atom is -0.447 e. The number of cyclic esters (lactones) is 1. The largest absolute Gasteiger partial charge is 0.447 e. The van der Waals surface area contributed by atoms with Gasteiger partial charge in [-0.2, -0.15) is 0 Å². The Morgan fingerprint density at radius 3 is 2.81 bits per heavy atom. The van der Waals surface area contributed by atoms with E-state index < -0.39 is 0 Å². The molecule has 7 heteroatoms. The van der Waals surface area contributed by atoms with Crippen LogP contribution in [0.1, 0.15) is 23.9 Å². The maximum absolute atomic E-state index is 12.1. The second-order valence-corrected chi connectivity index (χ2v) is 6.60. The summed E-state index contributed by atoms with van der Waals surface area (Å²) >= 11 is 0. The molecule has 4 rings (SSSR count). The number of allylic oxidation sites excluding steroid dienone is 1. The van der Waals surface area contributed by atoms with Crippen molar-refractivity contribution in [3.05, 3.63) is 47.5 Å². The standard InChI is InChI=1S/C19H20N4O3/c1-12-18-7-15(9-22(18)11-21-12)14-3-5-16(6-4-14)23-17(8-20-13(2)24)10-26-19(23)25/h3-7,11,17H,8-10H2,1-2H3,(H,20,24). The van der Waals surface area contributed by atoms with Crippen molar-refractivity contribution in [1.29, 1.82) is 0 Å². The molecule has 0 spiro atoms. The maximum atomic E-state index is 12.1. The van der Waals surface area contributed by atoms with E-state index in [-0.39, 0.29) is 24.6 Å². The molecule has 0 saturated carbocycles. The number of amides is 2. The summed E-state index contributed by atoms with van der Waals surface area (Å²) in [5, 5.41) is 2.75. The first-order chi connectivity index (χ1) is 12.5. The Labute approximate surface area is 151 Å². The van der Waals surface area contributed by atoms with Crippen molar-refractivity contribution in [3.8, 4) is 0 Å². The molecule has 1 atom stereocenters. The number of benzene rings is 1. The first kappa shape index (κ1) is 16.4. The molecule has 1 fully saturated rings. The highest BCUT2D eigenvalue weighted by Gasteiger charge is 2.34. The zero-order valence-electron chi connectivity index (χ0n) is 14.7. The van der Waals surface area contributed by atoms with Gasteiger partial charge in [-0.25, -0.2) is 9.78 Å². The number of fused-ring (bicyclic) bond motifs is 1. The molecule has 0 bridgehead atoms. The fraction of sp³-hybridized carbons (Fsp3) is 0.316. The van der Waals surface area contributed by atoms with Gasteiger partial charge in [0.05, 0.1) is 23.8 Å². The number of imidazole rings is 1. The molecule has 0 radical (unpaired) electrons. The zero-order valence-corrected chi connectivity index (χ0v) is 14.7. The monoisotopic (exact) mass is 352 g/mol. The topological polar surface area (TPSA) is 76.5 Å². The molecule has 1 saturated heterocycles. The molecule has 2 aliphatic heterocycles. The number of carbonyl (C=O) groups excluding carboxylic acids is 2. The lowest BCUT2D eigenvalue weighted by Crippen LogP contribution is -2.42. The lowest BCUT2D eigenvalue weighted by atomic mass is 10.1. The van der Waals surface area contributed by atoms with Crippen molar-refractivity contribution in [3.63, 3.8) is 0 Å². The van der Waals surface area contributed by atoms with Gasteiger partial charge < -0.3 is 14.6 Å². The SMILES string of the molecule is CC(=O)NCC1COC(=O)N1c1ccc(C2=Cc3c(C)ncn3C2)cc1. The van der Waals surface area contributed by atoms with Gasteiger partial charge in [0.15, 0.2) is 0 Å². The first-order valence-corrected chi connectivity index (χ1v) is 8.56. The number of carbonyl (C=O) groups is 2. The molecule has 1 unspecified atom stereocenters. The van der Waals surface area contributed by atoms with E-state index >= 15 is 0 Å². The predicted molar refractivity (Wildman–Crippen MR) is 97.6 cm³/mol. The van der Waals surface area contributed by atoms with E-state index in [0.717, 1.165) is 29.2 Å². The van der Waals surface area contributed by atoms with Crippen molar-refractivity contribution < 1.29 is 14.3 Å². The van der Waals surface area contributed by atoms with Crippen LogP contribution in [0.15, 0.2) is 30.6 Å². The predicted octanol–water partition coefficient (Wildman–Crippen LogP) is 2.21. The lowest BCUT2D eigenvalue weighted by Gasteiger charge is -2.21. The third kappa shape index (κ3) is 2.85. The van der Waals surface area contributed by atoms with Crippen LogP contribution in [-0.4, -0.2) is 40.7 Å². The van der Waals surface area contributed by atoms with Crippen molar-refractivity contribution in [2.75, 3.05) is 18.1 Å². The molecule has 7 nitrogen and oxygen atoms in total. The number of nitrogens with one attached hydrogen (secondary N) is 1. The van der Waals surface area contributed by atoms with Gasteiger partial charge in [0, 0.05) is 25.7 Å². The average molecular weight is 352 g/mol. The van der Waals surface area contributed by atoms with Crippen LogP contribution in [0.2, 0.25) is 0 Å². The molecular formula is C19H20N4O3. The number of ether oxygens (including phenoxy) is 1. The molecule has 1 aromatic heterocycles. The molecule has 2 aromatic rings. The summed E-state index contributed by atoms with van der Waals surface area (Å²) in [4.78, 5) is 29.1. The zero-order chi connectivity index (χ0) is 18.3. The molecule has 134 valence electrons. The van der Waals surface area contributed by atoms with E-state index in [1.54, 1.807) is 4.90 Å². The van der Waals surface area contributed by atoms with Crippen molar-refractivity contribution >= 4 is 29.3 Å². The summed E-state index contributed by atoms with van der Waals surface area (Å²) in [6.45, 7) is 4.90. The maximum Gasteiger partial charge on any atom is 0.414 e. The number of aromatic nitrogens is 2. The molecule has 2 amide bonds. The van der Waals surface area contributed by atoms with Crippen molar-refractivity contribution in [2.45, 2.75) is 26.4 Å². The fourth-order valence-corrected chi connectivity index (χ4v) is 3.40. The molecule has 2 aliphatic rings. The lowest BCUT2D eigenvalue weighted by molar-refractivity contribution is -0.119. The van der Waals surface area contributed by atoms with Crippen LogP contribution >= 0.6 is 0 Å². The summed E-state index contributed by atoms with van der Waals surface area (Å²) < 4.78 is 7.28. The fourth-order valence-electron chi connectivity index (χ4n) is 3.40. The van der Waals surface area contributed by atoms with Crippen LogP contribution < -0.4 is 10.2 Å². The van der Waals surface area contributed by atoms with Gasteiger partial charge in [-0.05, 0) is 36.3 Å². The molecule has 0 aliphatic carbocycles. The molecule has 1 aromatic carbocycles. The Bertz CT molecular complexity index is 898. The van der Waals surface area contributed by atoms with Gasteiger partial charge in [-0.15, -0.1) is 0 Å². The van der Waals surface area contributed by atoms with E-state index in [1.165, 1.54) is 12.5 Å². The number of nitrogens with zero attached hydrogens (tertiary/aromatic N) is 3. The van der Waals surface area contributed by atoms with Gasteiger partial charge >= 0.3 is 6.09 Å². The minimum atomic E-state index is -0.384. The van der Waals surface area contributed by atoms with E-state index in [2.05, 4.69) is 20.9 Å². The number of hydrogen-bond donors (Lipinski definition) is 1. The van der Waals surface area contributed by atoms with Crippen LogP contribution in [-0.2, 0) is 16.1 Å². The smallest absolute Gasteiger partial charge is 0.414 e. The highest BCUT2D eigenvalue weighted by molar-refractivity contribution is 5.91. The van der Waals surface area contributed by atoms with Gasteiger partial charge in [0.1, 0.15) is 6.61 Å². The Morgan fingerprint density at radius 2 is 2.12 bits per heavy atom. The van der Waals surface area contributed by atoms with Gasteiger partial charge in [0.25, 0.3) is 0 Å². The molecule has 26 heavy (non-hydrogen) atoms. The van der Waals surface area contributed by atoms with E-state index in [9.17, 15) is 9.59 Å².